The van der Waals surface area contributed by atoms with Crippen LogP contribution in [-0.4, -0.2) is 12.5 Å². The summed E-state index contributed by atoms with van der Waals surface area (Å²) in [6.07, 6.45) is 1.86. The van der Waals surface area contributed by atoms with E-state index < -0.39 is 0 Å². The number of anilines is 2. The number of allylic oxidation sites excluding steroid dienone is 1. The number of aryl methyl sites for hydroxylation is 1. The number of nitrogens with one attached hydrogen (secondary N) is 2. The molecular weight excluding hydrogens is 296 g/mol. The van der Waals surface area contributed by atoms with Gasteiger partial charge < -0.3 is 10.6 Å². The Labute approximate surface area is 136 Å². The van der Waals surface area contributed by atoms with Crippen LogP contribution in [0.3, 0.4) is 0 Å². The number of halogens is 1. The summed E-state index contributed by atoms with van der Waals surface area (Å²) in [7, 11) is 0. The summed E-state index contributed by atoms with van der Waals surface area (Å²) in [6.45, 7) is 4.36. The van der Waals surface area contributed by atoms with Crippen LogP contribution >= 0.6 is 11.6 Å². The third-order valence-corrected chi connectivity index (χ3v) is 3.40. The second-order valence-corrected chi connectivity index (χ2v) is 5.58. The van der Waals surface area contributed by atoms with Crippen molar-refractivity contribution in [3.05, 3.63) is 70.8 Å². The molecule has 3 nitrogen and oxygen atoms in total. The SMILES string of the molecule is C/C(Cl)=C\CNc1ccccc1C(=O)Nc1ccccc1C. The molecule has 0 unspecified atom stereocenters. The molecule has 0 fully saturated rings. The summed E-state index contributed by atoms with van der Waals surface area (Å²) in [4.78, 5) is 12.5. The Morgan fingerprint density at radius 2 is 1.73 bits per heavy atom. The summed E-state index contributed by atoms with van der Waals surface area (Å²) in [5, 5.41) is 6.87. The Bertz CT molecular complexity index is 691. The van der Waals surface area contributed by atoms with Gasteiger partial charge in [0.05, 0.1) is 5.56 Å². The van der Waals surface area contributed by atoms with Crippen LogP contribution in [0.15, 0.2) is 59.6 Å². The van der Waals surface area contributed by atoms with E-state index in [0.29, 0.717) is 17.1 Å². The first kappa shape index (κ1) is 16.1. The Kier molecular flexibility index (Phi) is 5.61. The summed E-state index contributed by atoms with van der Waals surface area (Å²) in [5.74, 6) is -0.135. The Morgan fingerprint density at radius 1 is 1.09 bits per heavy atom. The molecule has 0 aromatic heterocycles. The van der Waals surface area contributed by atoms with Gasteiger partial charge in [0, 0.05) is 23.0 Å². The van der Waals surface area contributed by atoms with Crippen LogP contribution in [0.2, 0.25) is 0 Å². The molecule has 0 bridgehead atoms. The van der Waals surface area contributed by atoms with E-state index in [0.717, 1.165) is 16.9 Å². The molecule has 0 saturated carbocycles. The second kappa shape index (κ2) is 7.66. The highest BCUT2D eigenvalue weighted by Crippen LogP contribution is 2.19. The normalized spacial score (nSPS) is 11.1. The van der Waals surface area contributed by atoms with E-state index in [9.17, 15) is 4.79 Å². The molecule has 2 aromatic carbocycles. The first-order valence-corrected chi connectivity index (χ1v) is 7.48. The highest BCUT2D eigenvalue weighted by molar-refractivity contribution is 6.29. The molecule has 0 atom stereocenters. The van der Waals surface area contributed by atoms with Crippen LogP contribution in [0.25, 0.3) is 0 Å². The minimum atomic E-state index is -0.135. The van der Waals surface area contributed by atoms with Crippen LogP contribution < -0.4 is 10.6 Å². The zero-order valence-corrected chi connectivity index (χ0v) is 13.4. The lowest BCUT2D eigenvalue weighted by atomic mass is 10.1. The Balaban J connectivity index is 2.16. The summed E-state index contributed by atoms with van der Waals surface area (Å²) < 4.78 is 0. The maximum absolute atomic E-state index is 12.5. The summed E-state index contributed by atoms with van der Waals surface area (Å²) in [6, 6.07) is 15.1. The lowest BCUT2D eigenvalue weighted by Gasteiger charge is -2.12. The number of benzene rings is 2. The molecule has 0 aliphatic heterocycles. The topological polar surface area (TPSA) is 41.1 Å². The standard InChI is InChI=1S/C18H19ClN2O/c1-13-7-3-5-9-16(13)21-18(22)15-8-4-6-10-17(15)20-12-11-14(2)19/h3-11,20H,12H2,1-2H3,(H,21,22)/b14-11+. The molecular formula is C18H19ClN2O. The molecule has 2 N–H and O–H groups in total. The molecule has 0 heterocycles. The van der Waals surface area contributed by atoms with Gasteiger partial charge in [-0.1, -0.05) is 48.0 Å². The van der Waals surface area contributed by atoms with Crippen LogP contribution in [0.5, 0.6) is 0 Å². The van der Waals surface area contributed by atoms with Crippen molar-refractivity contribution in [1.82, 2.24) is 0 Å². The van der Waals surface area contributed by atoms with Gasteiger partial charge in [-0.25, -0.2) is 0 Å². The second-order valence-electron chi connectivity index (χ2n) is 4.99. The third kappa shape index (κ3) is 4.37. The van der Waals surface area contributed by atoms with E-state index in [1.807, 2.05) is 62.4 Å². The molecule has 0 radical (unpaired) electrons. The number of hydrogen-bond acceptors (Lipinski definition) is 2. The van der Waals surface area contributed by atoms with Crippen molar-refractivity contribution >= 4 is 28.9 Å². The fourth-order valence-electron chi connectivity index (χ4n) is 2.04. The van der Waals surface area contributed by atoms with Crippen molar-refractivity contribution in [2.45, 2.75) is 13.8 Å². The van der Waals surface area contributed by atoms with Gasteiger partial charge in [0.2, 0.25) is 0 Å². The van der Waals surface area contributed by atoms with Gasteiger partial charge in [0.25, 0.3) is 5.91 Å². The highest BCUT2D eigenvalue weighted by Gasteiger charge is 2.11. The van der Waals surface area contributed by atoms with E-state index in [4.69, 9.17) is 11.6 Å². The van der Waals surface area contributed by atoms with Gasteiger partial charge in [-0.15, -0.1) is 0 Å². The molecule has 2 aromatic rings. The predicted octanol–water partition coefficient (Wildman–Crippen LogP) is 4.80. The minimum Gasteiger partial charge on any atom is -0.381 e. The molecule has 22 heavy (non-hydrogen) atoms. The van der Waals surface area contributed by atoms with Crippen LogP contribution in [-0.2, 0) is 0 Å². The number of carbonyl (C=O) groups excluding carboxylic acids is 1. The van der Waals surface area contributed by atoms with Gasteiger partial charge in [0.15, 0.2) is 0 Å². The van der Waals surface area contributed by atoms with E-state index in [-0.39, 0.29) is 5.91 Å². The van der Waals surface area contributed by atoms with E-state index in [2.05, 4.69) is 10.6 Å². The minimum absolute atomic E-state index is 0.135. The number of rotatable bonds is 5. The van der Waals surface area contributed by atoms with E-state index in [1.54, 1.807) is 6.07 Å². The zero-order valence-electron chi connectivity index (χ0n) is 12.7. The van der Waals surface area contributed by atoms with Crippen LogP contribution in [0.4, 0.5) is 11.4 Å². The molecule has 0 saturated heterocycles. The molecule has 114 valence electrons. The van der Waals surface area contributed by atoms with Crippen LogP contribution in [0.1, 0.15) is 22.8 Å². The number of amides is 1. The van der Waals surface area contributed by atoms with Crippen LogP contribution in [0, 0.1) is 6.92 Å². The van der Waals surface area contributed by atoms with E-state index in [1.165, 1.54) is 0 Å². The maximum Gasteiger partial charge on any atom is 0.257 e. The number of para-hydroxylation sites is 2. The van der Waals surface area contributed by atoms with Gasteiger partial charge in [-0.05, 0) is 37.6 Å². The van der Waals surface area contributed by atoms with Crippen molar-refractivity contribution < 1.29 is 4.79 Å². The van der Waals surface area contributed by atoms with Gasteiger partial charge in [-0.3, -0.25) is 4.79 Å². The first-order chi connectivity index (χ1) is 10.6. The lowest BCUT2D eigenvalue weighted by Crippen LogP contribution is -2.15. The van der Waals surface area contributed by atoms with E-state index >= 15 is 0 Å². The quantitative estimate of drug-likeness (QED) is 0.832. The van der Waals surface area contributed by atoms with Crippen molar-refractivity contribution in [2.24, 2.45) is 0 Å². The largest absolute Gasteiger partial charge is 0.381 e. The van der Waals surface area contributed by atoms with Gasteiger partial charge in [-0.2, -0.15) is 0 Å². The molecule has 0 aliphatic rings. The Hall–Kier alpha value is -2.26. The van der Waals surface area contributed by atoms with Gasteiger partial charge >= 0.3 is 0 Å². The highest BCUT2D eigenvalue weighted by atomic mass is 35.5. The van der Waals surface area contributed by atoms with Crippen molar-refractivity contribution in [3.63, 3.8) is 0 Å². The van der Waals surface area contributed by atoms with Crippen molar-refractivity contribution in [1.29, 1.82) is 0 Å². The fourth-order valence-corrected chi connectivity index (χ4v) is 2.12. The maximum atomic E-state index is 12.5. The Morgan fingerprint density at radius 3 is 2.41 bits per heavy atom. The summed E-state index contributed by atoms with van der Waals surface area (Å²) >= 11 is 5.81. The molecule has 1 amide bonds. The average Bonchev–Trinajstić information content (AvgIpc) is 2.49. The van der Waals surface area contributed by atoms with Gasteiger partial charge in [0.1, 0.15) is 0 Å². The van der Waals surface area contributed by atoms with Crippen molar-refractivity contribution in [2.75, 3.05) is 17.2 Å². The zero-order chi connectivity index (χ0) is 15.9. The van der Waals surface area contributed by atoms with Crippen molar-refractivity contribution in [3.8, 4) is 0 Å². The summed E-state index contributed by atoms with van der Waals surface area (Å²) in [5.41, 5.74) is 3.23. The number of carbonyl (C=O) groups is 1. The lowest BCUT2D eigenvalue weighted by molar-refractivity contribution is 0.102. The fraction of sp³-hybridized carbons (Fsp3) is 0.167. The predicted molar refractivity (Wildman–Crippen MR) is 93.7 cm³/mol. The number of hydrogen-bond donors (Lipinski definition) is 2. The molecule has 2 rings (SSSR count). The monoisotopic (exact) mass is 314 g/mol. The molecule has 0 spiro atoms. The molecule has 4 heteroatoms. The smallest absolute Gasteiger partial charge is 0.257 e. The third-order valence-electron chi connectivity index (χ3n) is 3.24. The first-order valence-electron chi connectivity index (χ1n) is 7.10. The average molecular weight is 315 g/mol. The molecule has 0 aliphatic carbocycles.